The molecule has 21 heavy (non-hydrogen) atoms. The molecular formula is C16H18N4O. The van der Waals surface area contributed by atoms with Gasteiger partial charge in [-0.3, -0.25) is 4.68 Å². The third kappa shape index (κ3) is 2.52. The highest BCUT2D eigenvalue weighted by molar-refractivity contribution is 5.81. The first-order valence-corrected chi connectivity index (χ1v) is 6.96. The third-order valence-electron chi connectivity index (χ3n) is 3.72. The van der Waals surface area contributed by atoms with Crippen LogP contribution in [0.1, 0.15) is 28.7 Å². The molecule has 0 fully saturated rings. The van der Waals surface area contributed by atoms with E-state index >= 15 is 0 Å². The van der Waals surface area contributed by atoms with Gasteiger partial charge in [0.15, 0.2) is 0 Å². The van der Waals surface area contributed by atoms with Crippen LogP contribution < -0.4 is 0 Å². The Morgan fingerprint density at radius 1 is 1.19 bits per heavy atom. The summed E-state index contributed by atoms with van der Waals surface area (Å²) in [5.74, 6) is 0. The topological polar surface area (TPSA) is 63.8 Å². The van der Waals surface area contributed by atoms with E-state index in [0.29, 0.717) is 6.42 Å². The van der Waals surface area contributed by atoms with Gasteiger partial charge >= 0.3 is 0 Å². The lowest BCUT2D eigenvalue weighted by Crippen LogP contribution is -2.08. The molecule has 1 N–H and O–H groups in total. The molecule has 3 aromatic rings. The highest BCUT2D eigenvalue weighted by Gasteiger charge is 2.17. The van der Waals surface area contributed by atoms with E-state index < -0.39 is 6.10 Å². The second kappa shape index (κ2) is 5.26. The second-order valence-electron chi connectivity index (χ2n) is 5.33. The van der Waals surface area contributed by atoms with E-state index in [4.69, 9.17) is 0 Å². The van der Waals surface area contributed by atoms with E-state index in [0.717, 1.165) is 33.5 Å². The van der Waals surface area contributed by atoms with Crippen LogP contribution in [-0.2, 0) is 13.5 Å². The van der Waals surface area contributed by atoms with Gasteiger partial charge in [0.1, 0.15) is 0 Å². The highest BCUT2D eigenvalue weighted by Crippen LogP contribution is 2.25. The molecular weight excluding hydrogens is 264 g/mol. The second-order valence-corrected chi connectivity index (χ2v) is 5.33. The zero-order valence-corrected chi connectivity index (χ0v) is 12.4. The third-order valence-corrected chi connectivity index (χ3v) is 3.72. The van der Waals surface area contributed by atoms with Crippen molar-refractivity contribution >= 4 is 10.9 Å². The van der Waals surface area contributed by atoms with Crippen LogP contribution in [0, 0.1) is 13.8 Å². The number of para-hydroxylation sites is 1. The van der Waals surface area contributed by atoms with Gasteiger partial charge in [0.05, 0.1) is 28.7 Å². The maximum Gasteiger partial charge on any atom is 0.0865 e. The molecule has 0 amide bonds. The van der Waals surface area contributed by atoms with Crippen LogP contribution in [0.25, 0.3) is 10.9 Å². The fourth-order valence-electron chi connectivity index (χ4n) is 2.64. The molecule has 1 unspecified atom stereocenters. The van der Waals surface area contributed by atoms with Crippen LogP contribution in [-0.4, -0.2) is 25.1 Å². The fourth-order valence-corrected chi connectivity index (χ4v) is 2.64. The molecule has 0 aliphatic heterocycles. The van der Waals surface area contributed by atoms with Crippen molar-refractivity contribution in [3.8, 4) is 0 Å². The van der Waals surface area contributed by atoms with Gasteiger partial charge in [-0.2, -0.15) is 15.3 Å². The molecule has 108 valence electrons. The smallest absolute Gasteiger partial charge is 0.0865 e. The Bertz CT molecular complexity index is 794. The zero-order valence-electron chi connectivity index (χ0n) is 12.4. The Balaban J connectivity index is 1.96. The van der Waals surface area contributed by atoms with Gasteiger partial charge in [-0.1, -0.05) is 18.2 Å². The molecule has 1 aromatic carbocycles. The number of rotatable bonds is 3. The van der Waals surface area contributed by atoms with Gasteiger partial charge < -0.3 is 5.11 Å². The van der Waals surface area contributed by atoms with Crippen molar-refractivity contribution < 1.29 is 5.11 Å². The molecule has 0 bridgehead atoms. The normalized spacial score (nSPS) is 12.8. The summed E-state index contributed by atoms with van der Waals surface area (Å²) >= 11 is 0. The summed E-state index contributed by atoms with van der Waals surface area (Å²) < 4.78 is 1.85. The van der Waals surface area contributed by atoms with Crippen molar-refractivity contribution in [2.75, 3.05) is 0 Å². The number of aryl methyl sites for hydroxylation is 3. The van der Waals surface area contributed by atoms with E-state index in [1.54, 1.807) is 0 Å². The van der Waals surface area contributed by atoms with Crippen molar-refractivity contribution in [2.24, 2.45) is 7.05 Å². The number of aliphatic hydroxyl groups is 1. The van der Waals surface area contributed by atoms with Crippen LogP contribution in [0.15, 0.2) is 30.3 Å². The number of aliphatic hydroxyl groups excluding tert-OH is 1. The van der Waals surface area contributed by atoms with Gasteiger partial charge in [0.2, 0.25) is 0 Å². The van der Waals surface area contributed by atoms with E-state index in [1.807, 2.05) is 55.9 Å². The average molecular weight is 282 g/mol. The largest absolute Gasteiger partial charge is 0.388 e. The quantitative estimate of drug-likeness (QED) is 0.800. The van der Waals surface area contributed by atoms with Crippen LogP contribution in [0.2, 0.25) is 0 Å². The minimum atomic E-state index is -0.627. The Kier molecular flexibility index (Phi) is 3.43. The van der Waals surface area contributed by atoms with Crippen LogP contribution >= 0.6 is 0 Å². The van der Waals surface area contributed by atoms with Crippen molar-refractivity contribution in [3.63, 3.8) is 0 Å². The van der Waals surface area contributed by atoms with Gasteiger partial charge in [0, 0.05) is 24.4 Å². The first kappa shape index (κ1) is 13.7. The molecule has 0 saturated heterocycles. The summed E-state index contributed by atoms with van der Waals surface area (Å²) in [6.07, 6.45) is -0.162. The van der Waals surface area contributed by atoms with E-state index in [9.17, 15) is 5.11 Å². The maximum absolute atomic E-state index is 10.5. The van der Waals surface area contributed by atoms with Crippen molar-refractivity contribution in [1.29, 1.82) is 0 Å². The van der Waals surface area contributed by atoms with Crippen molar-refractivity contribution in [2.45, 2.75) is 26.4 Å². The maximum atomic E-state index is 10.5. The lowest BCUT2D eigenvalue weighted by Gasteiger charge is -2.12. The monoisotopic (exact) mass is 282 g/mol. The Morgan fingerprint density at radius 3 is 2.76 bits per heavy atom. The predicted octanol–water partition coefficient (Wildman–Crippen LogP) is 2.26. The number of fused-ring (bicyclic) bond motifs is 1. The van der Waals surface area contributed by atoms with Crippen LogP contribution in [0.5, 0.6) is 0 Å². The van der Waals surface area contributed by atoms with E-state index in [1.165, 1.54) is 0 Å². The molecule has 1 atom stereocenters. The SMILES string of the molecule is Cc1cc(C(O)Cc2nn(C)c3ccccc23)c(C)nn1. The zero-order chi connectivity index (χ0) is 15.0. The van der Waals surface area contributed by atoms with Crippen LogP contribution in [0.4, 0.5) is 0 Å². The number of aromatic nitrogens is 4. The molecule has 0 aliphatic rings. The standard InChI is InChI=1S/C16H18N4O/c1-10-8-13(11(2)18-17-10)16(21)9-14-12-6-4-5-7-15(12)20(3)19-14/h4-8,16,21H,9H2,1-3H3. The van der Waals surface area contributed by atoms with Crippen molar-refractivity contribution in [3.05, 3.63) is 53.0 Å². The summed E-state index contributed by atoms with van der Waals surface area (Å²) in [5.41, 5.74) is 4.35. The van der Waals surface area contributed by atoms with Crippen LogP contribution in [0.3, 0.4) is 0 Å². The number of hydrogen-bond donors (Lipinski definition) is 1. The first-order chi connectivity index (χ1) is 10.1. The highest BCUT2D eigenvalue weighted by atomic mass is 16.3. The average Bonchev–Trinajstić information content (AvgIpc) is 2.78. The number of nitrogens with zero attached hydrogens (tertiary/aromatic N) is 4. The molecule has 0 radical (unpaired) electrons. The summed E-state index contributed by atoms with van der Waals surface area (Å²) in [6, 6.07) is 9.93. The summed E-state index contributed by atoms with van der Waals surface area (Å²) in [4.78, 5) is 0. The summed E-state index contributed by atoms with van der Waals surface area (Å²) in [7, 11) is 1.92. The van der Waals surface area contributed by atoms with E-state index in [-0.39, 0.29) is 0 Å². The molecule has 2 heterocycles. The summed E-state index contributed by atoms with van der Waals surface area (Å²) in [5, 5.41) is 24.2. The molecule has 0 saturated carbocycles. The predicted molar refractivity (Wildman–Crippen MR) is 80.9 cm³/mol. The van der Waals surface area contributed by atoms with Gasteiger partial charge in [-0.15, -0.1) is 0 Å². The Labute approximate surface area is 123 Å². The lowest BCUT2D eigenvalue weighted by molar-refractivity contribution is 0.175. The first-order valence-electron chi connectivity index (χ1n) is 6.96. The Morgan fingerprint density at radius 2 is 1.95 bits per heavy atom. The molecule has 5 heteroatoms. The Hall–Kier alpha value is -2.27. The lowest BCUT2D eigenvalue weighted by atomic mass is 10.0. The fraction of sp³-hybridized carbons (Fsp3) is 0.312. The minimum Gasteiger partial charge on any atom is -0.388 e. The molecule has 2 aromatic heterocycles. The molecule has 0 spiro atoms. The molecule has 5 nitrogen and oxygen atoms in total. The minimum absolute atomic E-state index is 0.466. The number of benzene rings is 1. The van der Waals surface area contributed by atoms with Gasteiger partial charge in [-0.25, -0.2) is 0 Å². The van der Waals surface area contributed by atoms with E-state index in [2.05, 4.69) is 15.3 Å². The number of hydrogen-bond acceptors (Lipinski definition) is 4. The summed E-state index contributed by atoms with van der Waals surface area (Å²) in [6.45, 7) is 3.74. The molecule has 0 aliphatic carbocycles. The van der Waals surface area contributed by atoms with Gasteiger partial charge in [-0.05, 0) is 26.0 Å². The van der Waals surface area contributed by atoms with Gasteiger partial charge in [0.25, 0.3) is 0 Å². The molecule has 3 rings (SSSR count). The van der Waals surface area contributed by atoms with Crippen molar-refractivity contribution in [1.82, 2.24) is 20.0 Å².